The van der Waals surface area contributed by atoms with Crippen LogP contribution in [0.25, 0.3) is 0 Å². The summed E-state index contributed by atoms with van der Waals surface area (Å²) in [6.07, 6.45) is 0. The van der Waals surface area contributed by atoms with E-state index in [0.717, 1.165) is 0 Å². The van der Waals surface area contributed by atoms with Gasteiger partial charge in [0.15, 0.2) is 0 Å². The Bertz CT molecular complexity index is 205. The largest absolute Gasteiger partial charge is 0.332 e. The lowest BCUT2D eigenvalue weighted by atomic mass is 9.72. The summed E-state index contributed by atoms with van der Waals surface area (Å²) >= 11 is 0. The molecule has 0 saturated heterocycles. The average molecular weight is 251 g/mol. The SMILES string of the molecule is CNC(C)C(C)(C)C(C)(C)OP(OC)OC. The molecule has 1 atom stereocenters. The highest BCUT2D eigenvalue weighted by Crippen LogP contribution is 2.48. The zero-order chi connectivity index (χ0) is 13.0. The third-order valence-corrected chi connectivity index (χ3v) is 4.87. The Morgan fingerprint density at radius 2 is 1.50 bits per heavy atom. The molecule has 1 unspecified atom stereocenters. The van der Waals surface area contributed by atoms with E-state index in [-0.39, 0.29) is 11.0 Å². The van der Waals surface area contributed by atoms with E-state index in [0.29, 0.717) is 6.04 Å². The van der Waals surface area contributed by atoms with Gasteiger partial charge in [0.2, 0.25) is 0 Å². The van der Waals surface area contributed by atoms with Crippen molar-refractivity contribution in [3.63, 3.8) is 0 Å². The van der Waals surface area contributed by atoms with Crippen molar-refractivity contribution in [3.8, 4) is 0 Å². The van der Waals surface area contributed by atoms with Crippen LogP contribution >= 0.6 is 8.60 Å². The summed E-state index contributed by atoms with van der Waals surface area (Å²) in [5.74, 6) is 0. The van der Waals surface area contributed by atoms with Gasteiger partial charge in [-0.1, -0.05) is 13.8 Å². The maximum atomic E-state index is 5.90. The molecule has 1 N–H and O–H groups in total. The van der Waals surface area contributed by atoms with E-state index in [1.54, 1.807) is 14.2 Å². The number of nitrogens with one attached hydrogen (secondary N) is 1. The molecule has 0 heterocycles. The summed E-state index contributed by atoms with van der Waals surface area (Å²) < 4.78 is 16.2. The van der Waals surface area contributed by atoms with Crippen molar-refractivity contribution in [2.24, 2.45) is 5.41 Å². The van der Waals surface area contributed by atoms with Crippen molar-refractivity contribution >= 4 is 8.60 Å². The topological polar surface area (TPSA) is 39.7 Å². The van der Waals surface area contributed by atoms with Gasteiger partial charge in [-0.2, -0.15) is 0 Å². The molecule has 16 heavy (non-hydrogen) atoms. The molecule has 4 nitrogen and oxygen atoms in total. The molecule has 5 heteroatoms. The molecular weight excluding hydrogens is 225 g/mol. The molecular formula is C11H26NO3P. The van der Waals surface area contributed by atoms with E-state index in [1.807, 2.05) is 7.05 Å². The quantitative estimate of drug-likeness (QED) is 0.706. The Balaban J connectivity index is 4.74. The van der Waals surface area contributed by atoms with Crippen LogP contribution in [0, 0.1) is 5.41 Å². The summed E-state index contributed by atoms with van der Waals surface area (Å²) in [6, 6.07) is 0.327. The van der Waals surface area contributed by atoms with Gasteiger partial charge in [-0.3, -0.25) is 0 Å². The molecule has 0 spiro atoms. The Labute approximate surface area is 101 Å². The minimum atomic E-state index is -1.27. The fraction of sp³-hybridized carbons (Fsp3) is 1.00. The molecule has 0 bridgehead atoms. The second-order valence-electron chi connectivity index (χ2n) is 4.92. The van der Waals surface area contributed by atoms with E-state index in [2.05, 4.69) is 39.9 Å². The van der Waals surface area contributed by atoms with Crippen LogP contribution in [0.4, 0.5) is 0 Å². The van der Waals surface area contributed by atoms with Gasteiger partial charge < -0.3 is 18.9 Å². The lowest BCUT2D eigenvalue weighted by molar-refractivity contribution is -0.0403. The van der Waals surface area contributed by atoms with E-state index in [9.17, 15) is 0 Å². The highest BCUT2D eigenvalue weighted by molar-refractivity contribution is 7.41. The van der Waals surface area contributed by atoms with E-state index in [4.69, 9.17) is 13.6 Å². The summed E-state index contributed by atoms with van der Waals surface area (Å²) in [7, 11) is 3.88. The van der Waals surface area contributed by atoms with E-state index >= 15 is 0 Å². The van der Waals surface area contributed by atoms with Gasteiger partial charge in [0.05, 0.1) is 5.60 Å². The Hall–Kier alpha value is 0.270. The van der Waals surface area contributed by atoms with E-state index < -0.39 is 8.60 Å². The lowest BCUT2D eigenvalue weighted by Gasteiger charge is -2.45. The minimum Gasteiger partial charge on any atom is -0.317 e. The number of rotatable bonds is 7. The summed E-state index contributed by atoms with van der Waals surface area (Å²) in [5, 5.41) is 3.27. The van der Waals surface area contributed by atoms with Gasteiger partial charge in [0.1, 0.15) is 0 Å². The van der Waals surface area contributed by atoms with Crippen LogP contribution in [0.3, 0.4) is 0 Å². The molecule has 0 aliphatic heterocycles. The average Bonchev–Trinajstić information content (AvgIpc) is 2.24. The molecule has 0 rings (SSSR count). The van der Waals surface area contributed by atoms with Crippen LogP contribution in [0.15, 0.2) is 0 Å². The minimum absolute atomic E-state index is 0.0423. The Morgan fingerprint density at radius 1 is 1.06 bits per heavy atom. The van der Waals surface area contributed by atoms with Crippen molar-refractivity contribution in [2.75, 3.05) is 21.3 Å². The summed E-state index contributed by atoms with van der Waals surface area (Å²) in [4.78, 5) is 0. The van der Waals surface area contributed by atoms with Crippen molar-refractivity contribution in [1.29, 1.82) is 0 Å². The first-order valence-corrected chi connectivity index (χ1v) is 6.57. The zero-order valence-electron chi connectivity index (χ0n) is 11.7. The first-order valence-electron chi connectivity index (χ1n) is 5.47. The lowest BCUT2D eigenvalue weighted by Crippen LogP contribution is -2.52. The maximum Gasteiger partial charge on any atom is 0.332 e. The third kappa shape index (κ3) is 3.64. The fourth-order valence-corrected chi connectivity index (χ4v) is 2.24. The molecule has 0 aromatic carbocycles. The second-order valence-corrected chi connectivity index (χ2v) is 6.28. The molecule has 0 aliphatic carbocycles. The van der Waals surface area contributed by atoms with Gasteiger partial charge in [-0.15, -0.1) is 0 Å². The van der Waals surface area contributed by atoms with Gasteiger partial charge in [0.25, 0.3) is 0 Å². The second kappa shape index (κ2) is 6.27. The predicted molar refractivity (Wildman–Crippen MR) is 68.4 cm³/mol. The Morgan fingerprint density at radius 3 is 1.81 bits per heavy atom. The summed E-state index contributed by atoms with van der Waals surface area (Å²) in [5.41, 5.74) is -0.382. The molecule has 0 radical (unpaired) electrons. The van der Waals surface area contributed by atoms with Crippen LogP contribution in [-0.2, 0) is 13.6 Å². The zero-order valence-corrected chi connectivity index (χ0v) is 12.6. The van der Waals surface area contributed by atoms with Crippen molar-refractivity contribution in [3.05, 3.63) is 0 Å². The van der Waals surface area contributed by atoms with Crippen LogP contribution in [-0.4, -0.2) is 32.9 Å². The van der Waals surface area contributed by atoms with Gasteiger partial charge in [0, 0.05) is 25.7 Å². The van der Waals surface area contributed by atoms with Crippen LogP contribution in [0.5, 0.6) is 0 Å². The highest BCUT2D eigenvalue weighted by Gasteiger charge is 2.44. The van der Waals surface area contributed by atoms with Crippen LogP contribution < -0.4 is 5.32 Å². The molecule has 0 aromatic heterocycles. The maximum absolute atomic E-state index is 5.90. The normalized spacial score (nSPS) is 15.6. The van der Waals surface area contributed by atoms with Crippen LogP contribution in [0.2, 0.25) is 0 Å². The van der Waals surface area contributed by atoms with Crippen molar-refractivity contribution in [1.82, 2.24) is 5.32 Å². The molecule has 0 saturated carbocycles. The smallest absolute Gasteiger partial charge is 0.317 e. The first-order chi connectivity index (χ1) is 7.22. The fourth-order valence-electron chi connectivity index (χ4n) is 1.34. The highest BCUT2D eigenvalue weighted by atomic mass is 31.2. The molecule has 0 fully saturated rings. The number of hydrogen-bond donors (Lipinski definition) is 1. The van der Waals surface area contributed by atoms with Crippen molar-refractivity contribution < 1.29 is 13.6 Å². The standard InChI is InChI=1S/C11H26NO3P/c1-9(12-6)10(2,3)11(4,5)15-16(13-7)14-8/h9,12H,1-8H3. The first kappa shape index (κ1) is 16.3. The van der Waals surface area contributed by atoms with Gasteiger partial charge in [-0.25, -0.2) is 0 Å². The third-order valence-electron chi connectivity index (χ3n) is 3.67. The molecule has 0 amide bonds. The number of hydrogen-bond acceptors (Lipinski definition) is 4. The van der Waals surface area contributed by atoms with Gasteiger partial charge >= 0.3 is 8.60 Å². The molecule has 0 aliphatic rings. The molecule has 0 aromatic rings. The molecule has 98 valence electrons. The predicted octanol–water partition coefficient (Wildman–Crippen LogP) is 2.94. The van der Waals surface area contributed by atoms with Crippen molar-refractivity contribution in [2.45, 2.75) is 46.3 Å². The monoisotopic (exact) mass is 251 g/mol. The van der Waals surface area contributed by atoms with Gasteiger partial charge in [-0.05, 0) is 27.8 Å². The Kier molecular flexibility index (Phi) is 6.38. The van der Waals surface area contributed by atoms with Crippen LogP contribution in [0.1, 0.15) is 34.6 Å². The summed E-state index contributed by atoms with van der Waals surface area (Å²) in [6.45, 7) is 10.6. The van der Waals surface area contributed by atoms with E-state index in [1.165, 1.54) is 0 Å².